The van der Waals surface area contributed by atoms with Crippen molar-refractivity contribution in [3.8, 4) is 22.3 Å². The van der Waals surface area contributed by atoms with E-state index >= 15 is 0 Å². The highest BCUT2D eigenvalue weighted by atomic mass is 16.3. The van der Waals surface area contributed by atoms with Crippen molar-refractivity contribution in [2.24, 2.45) is 0 Å². The molecule has 16 radical (unpaired) electrons. The molecule has 0 saturated heterocycles. The Bertz CT molecular complexity index is 2490. The van der Waals surface area contributed by atoms with E-state index in [0.29, 0.717) is 32.7 Å². The van der Waals surface area contributed by atoms with Crippen molar-refractivity contribution in [3.05, 3.63) is 84.9 Å². The third-order valence-corrected chi connectivity index (χ3v) is 9.03. The summed E-state index contributed by atoms with van der Waals surface area (Å²) in [5.74, 6) is 0. The van der Waals surface area contributed by atoms with E-state index in [-0.39, 0.29) is 43.7 Å². The summed E-state index contributed by atoms with van der Waals surface area (Å²) in [6, 6.07) is 27.9. The van der Waals surface area contributed by atoms with Gasteiger partial charge in [0.05, 0.1) is 0 Å². The van der Waals surface area contributed by atoms with Gasteiger partial charge in [-0.3, -0.25) is 0 Å². The highest BCUT2D eigenvalue weighted by molar-refractivity contribution is 6.71. The Balaban J connectivity index is 1.63. The quantitative estimate of drug-likeness (QED) is 0.229. The maximum Gasteiger partial charge on any atom is 0.143 e. The molecule has 0 aliphatic carbocycles. The van der Waals surface area contributed by atoms with Gasteiger partial charge in [-0.05, 0) is 67.4 Å². The van der Waals surface area contributed by atoms with Crippen LogP contribution in [0.25, 0.3) is 76.5 Å². The van der Waals surface area contributed by atoms with Gasteiger partial charge in [0, 0.05) is 16.2 Å². The van der Waals surface area contributed by atoms with Gasteiger partial charge in [0.2, 0.25) is 0 Å². The molecule has 0 aliphatic rings. The second-order valence-corrected chi connectivity index (χ2v) is 11.4. The van der Waals surface area contributed by atoms with Crippen molar-refractivity contribution in [1.82, 2.24) is 0 Å². The van der Waals surface area contributed by atoms with Crippen LogP contribution in [0.4, 0.5) is 0 Å². The van der Waals surface area contributed by atoms with Gasteiger partial charge in [-0.2, -0.15) is 0 Å². The molecule has 0 aliphatic heterocycles. The van der Waals surface area contributed by atoms with Gasteiger partial charge in [-0.25, -0.2) is 0 Å². The normalized spacial score (nSPS) is 11.8. The molecule has 0 atom stereocenters. The van der Waals surface area contributed by atoms with Crippen LogP contribution in [0.3, 0.4) is 0 Å². The minimum atomic E-state index is 0.177. The van der Waals surface area contributed by atoms with E-state index in [9.17, 15) is 0 Å². The summed E-state index contributed by atoms with van der Waals surface area (Å²) < 4.78 is 6.40. The zero-order valence-electron chi connectivity index (χ0n) is 24.1. The first-order chi connectivity index (χ1) is 21.7. The van der Waals surface area contributed by atoms with Gasteiger partial charge >= 0.3 is 0 Å². The van der Waals surface area contributed by atoms with E-state index in [1.807, 2.05) is 54.6 Å². The fourth-order valence-corrected chi connectivity index (χ4v) is 6.79. The van der Waals surface area contributed by atoms with Crippen LogP contribution < -0.4 is 43.7 Å². The second-order valence-electron chi connectivity index (χ2n) is 11.4. The molecule has 0 N–H and O–H groups in total. The minimum Gasteiger partial charge on any atom is -0.455 e. The lowest BCUT2D eigenvalue weighted by molar-refractivity contribution is 0.672. The van der Waals surface area contributed by atoms with Crippen LogP contribution in [-0.4, -0.2) is 62.8 Å². The first kappa shape index (κ1) is 28.1. The molecule has 0 fully saturated rings. The standard InChI is InChI=1S/C36H14B8O/c37-28-24-22(16-7-2-1-3-8-16)25-27(31(40)35(44)33(42)29(25)38)23(26(24)30(39)34(43)32(28)41)17-11-13-21-20(14-17)19-12-10-15-6-4-5-9-18(15)36(19)45-21/h1-14H. The predicted octanol–water partition coefficient (Wildman–Crippen LogP) is 0.730. The van der Waals surface area contributed by atoms with E-state index < -0.39 is 0 Å². The highest BCUT2D eigenvalue weighted by Gasteiger charge is 2.25. The number of fused-ring (bicyclic) bond motifs is 7. The summed E-state index contributed by atoms with van der Waals surface area (Å²) in [5, 5.41) is 6.33. The smallest absolute Gasteiger partial charge is 0.143 e. The van der Waals surface area contributed by atoms with Gasteiger partial charge in [0.25, 0.3) is 0 Å². The monoisotopic (exact) mass is 550 g/mol. The lowest BCUT2D eigenvalue weighted by Crippen LogP contribution is -2.50. The molecular formula is C36H14B8O. The molecule has 1 aromatic heterocycles. The summed E-state index contributed by atoms with van der Waals surface area (Å²) in [6.07, 6.45) is 0. The Hall–Kier alpha value is -4.36. The molecule has 0 amide bonds. The van der Waals surface area contributed by atoms with Gasteiger partial charge in [-0.15, -0.1) is 21.9 Å². The minimum absolute atomic E-state index is 0.177. The van der Waals surface area contributed by atoms with Crippen molar-refractivity contribution in [3.63, 3.8) is 0 Å². The predicted molar refractivity (Wildman–Crippen MR) is 200 cm³/mol. The number of benzene rings is 7. The molecule has 0 unspecified atom stereocenters. The lowest BCUT2D eigenvalue weighted by atomic mass is 9.59. The van der Waals surface area contributed by atoms with Crippen LogP contribution in [0, 0.1) is 0 Å². The van der Waals surface area contributed by atoms with Crippen molar-refractivity contribution >= 4 is 161 Å². The Morgan fingerprint density at radius 1 is 0.378 bits per heavy atom. The third kappa shape index (κ3) is 3.86. The molecule has 188 valence electrons. The first-order valence-corrected chi connectivity index (χ1v) is 14.4. The highest BCUT2D eigenvalue weighted by Crippen LogP contribution is 2.42. The molecule has 1 nitrogen and oxygen atoms in total. The molecule has 8 aromatic rings. The van der Waals surface area contributed by atoms with E-state index in [0.717, 1.165) is 43.8 Å². The fourth-order valence-electron chi connectivity index (χ4n) is 6.79. The summed E-state index contributed by atoms with van der Waals surface area (Å²) in [4.78, 5) is 0. The topological polar surface area (TPSA) is 13.1 Å². The van der Waals surface area contributed by atoms with Crippen molar-refractivity contribution in [1.29, 1.82) is 0 Å². The molecule has 1 heterocycles. The van der Waals surface area contributed by atoms with E-state index in [4.69, 9.17) is 67.2 Å². The molecule has 0 saturated carbocycles. The Morgan fingerprint density at radius 2 is 0.889 bits per heavy atom. The summed E-state index contributed by atoms with van der Waals surface area (Å²) in [5.41, 5.74) is 6.25. The maximum atomic E-state index is 6.86. The third-order valence-electron chi connectivity index (χ3n) is 9.03. The van der Waals surface area contributed by atoms with E-state index in [1.165, 1.54) is 0 Å². The Morgan fingerprint density at radius 3 is 1.47 bits per heavy atom. The Kier molecular flexibility index (Phi) is 6.30. The van der Waals surface area contributed by atoms with Crippen LogP contribution in [0.15, 0.2) is 89.3 Å². The van der Waals surface area contributed by atoms with Gasteiger partial charge in [0.15, 0.2) is 0 Å². The maximum absolute atomic E-state index is 6.86. The average Bonchev–Trinajstić information content (AvgIpc) is 3.45. The molecule has 7 aromatic carbocycles. The van der Waals surface area contributed by atoms with Crippen LogP contribution in [-0.2, 0) is 0 Å². The fraction of sp³-hybridized carbons (Fsp3) is 0. The molecule has 8 rings (SSSR count). The van der Waals surface area contributed by atoms with Crippen molar-refractivity contribution in [2.45, 2.75) is 0 Å². The van der Waals surface area contributed by atoms with Crippen molar-refractivity contribution < 1.29 is 4.42 Å². The zero-order chi connectivity index (χ0) is 31.3. The first-order valence-electron chi connectivity index (χ1n) is 14.4. The molecule has 0 spiro atoms. The largest absolute Gasteiger partial charge is 0.455 e. The van der Waals surface area contributed by atoms with Crippen LogP contribution in [0.2, 0.25) is 0 Å². The van der Waals surface area contributed by atoms with Crippen LogP contribution in [0.1, 0.15) is 0 Å². The number of rotatable bonds is 2. The SMILES string of the molecule is [B]c1c([B])c([B])c2c(-c3ccc4oc5c6ccccc6ccc5c4c3)c3c([B])c([B])c([B])c([B])c3c(-c3ccccc3)c2c1[B]. The second kappa shape index (κ2) is 10.1. The lowest BCUT2D eigenvalue weighted by Gasteiger charge is -2.28. The number of hydrogen-bond donors (Lipinski definition) is 0. The van der Waals surface area contributed by atoms with E-state index in [2.05, 4.69) is 30.3 Å². The molecule has 45 heavy (non-hydrogen) atoms. The van der Waals surface area contributed by atoms with E-state index in [1.54, 1.807) is 0 Å². The van der Waals surface area contributed by atoms with Gasteiger partial charge < -0.3 is 4.42 Å². The Labute approximate surface area is 271 Å². The number of hydrogen-bond acceptors (Lipinski definition) is 1. The summed E-state index contributed by atoms with van der Waals surface area (Å²) in [6.45, 7) is 0. The van der Waals surface area contributed by atoms with Crippen LogP contribution >= 0.6 is 0 Å². The number of furan rings is 1. The molecular weight excluding hydrogens is 535 g/mol. The average molecular weight is 549 g/mol. The van der Waals surface area contributed by atoms with Gasteiger partial charge in [0.1, 0.15) is 73.9 Å². The molecule has 0 bridgehead atoms. The summed E-state index contributed by atoms with van der Waals surface area (Å²) in [7, 11) is 53.3. The molecule has 9 heteroatoms. The van der Waals surface area contributed by atoms with Crippen LogP contribution in [0.5, 0.6) is 0 Å². The zero-order valence-corrected chi connectivity index (χ0v) is 24.1. The van der Waals surface area contributed by atoms with Gasteiger partial charge in [-0.1, -0.05) is 88.6 Å². The van der Waals surface area contributed by atoms with Crippen molar-refractivity contribution in [2.75, 3.05) is 0 Å². The summed E-state index contributed by atoms with van der Waals surface area (Å²) >= 11 is 0.